The van der Waals surface area contributed by atoms with Gasteiger partial charge in [-0.25, -0.2) is 9.59 Å². The van der Waals surface area contributed by atoms with Crippen LogP contribution in [0.4, 0.5) is 0 Å². The molecule has 2 aromatic heterocycles. The molecule has 0 spiro atoms. The topological polar surface area (TPSA) is 85.6 Å². The van der Waals surface area contributed by atoms with E-state index < -0.39 is 17.5 Å². The van der Waals surface area contributed by atoms with Crippen LogP contribution >= 0.6 is 11.3 Å². The van der Waals surface area contributed by atoms with Gasteiger partial charge in [-0.2, -0.15) is 0 Å². The van der Waals surface area contributed by atoms with E-state index in [4.69, 9.17) is 9.15 Å². The highest BCUT2D eigenvalue weighted by Crippen LogP contribution is 2.22. The average molecular weight is 355 g/mol. The summed E-state index contributed by atoms with van der Waals surface area (Å²) in [5, 5.41) is 4.84. The maximum absolute atomic E-state index is 12.0. The number of amides is 1. The molecular weight excluding hydrogens is 342 g/mol. The Morgan fingerprint density at radius 3 is 2.84 bits per heavy atom. The molecule has 1 aromatic carbocycles. The summed E-state index contributed by atoms with van der Waals surface area (Å²) in [4.78, 5) is 36.3. The lowest BCUT2D eigenvalue weighted by Gasteiger charge is -2.05. The molecule has 126 valence electrons. The smallest absolute Gasteiger partial charge is 0.353 e. The number of rotatable bonds is 5. The molecule has 1 N–H and O–H groups in total. The molecule has 1 amide bonds. The van der Waals surface area contributed by atoms with Gasteiger partial charge >= 0.3 is 11.6 Å². The first-order chi connectivity index (χ1) is 12.1. The SMILES string of the molecule is C=CCNC(=O)c1cc2ccc(OC(=O)c3cccs3)cc2oc1=O. The van der Waals surface area contributed by atoms with E-state index >= 15 is 0 Å². The van der Waals surface area contributed by atoms with Crippen molar-refractivity contribution in [3.8, 4) is 5.75 Å². The molecule has 0 radical (unpaired) electrons. The first-order valence-corrected chi connectivity index (χ1v) is 8.19. The van der Waals surface area contributed by atoms with Crippen LogP contribution in [0, 0.1) is 0 Å². The average Bonchev–Trinajstić information content (AvgIpc) is 3.13. The number of hydrogen-bond donors (Lipinski definition) is 1. The van der Waals surface area contributed by atoms with Gasteiger partial charge in [0.25, 0.3) is 5.91 Å². The van der Waals surface area contributed by atoms with Gasteiger partial charge in [0.2, 0.25) is 0 Å². The van der Waals surface area contributed by atoms with Gasteiger partial charge in [0, 0.05) is 18.0 Å². The zero-order chi connectivity index (χ0) is 17.8. The number of ether oxygens (including phenoxy) is 1. The second-order valence-corrected chi connectivity index (χ2v) is 5.96. The lowest BCUT2D eigenvalue weighted by Crippen LogP contribution is -2.28. The highest BCUT2D eigenvalue weighted by Gasteiger charge is 2.14. The van der Waals surface area contributed by atoms with Crippen LogP contribution in [-0.2, 0) is 0 Å². The van der Waals surface area contributed by atoms with Gasteiger partial charge < -0.3 is 14.5 Å². The van der Waals surface area contributed by atoms with Crippen molar-refractivity contribution in [1.29, 1.82) is 0 Å². The lowest BCUT2D eigenvalue weighted by atomic mass is 10.1. The predicted molar refractivity (Wildman–Crippen MR) is 94.3 cm³/mol. The van der Waals surface area contributed by atoms with Gasteiger partial charge in [-0.15, -0.1) is 17.9 Å². The molecule has 2 heterocycles. The Morgan fingerprint density at radius 2 is 2.12 bits per heavy atom. The Bertz CT molecular complexity index is 1000. The third-order valence-electron chi connectivity index (χ3n) is 3.29. The van der Waals surface area contributed by atoms with Crippen molar-refractivity contribution >= 4 is 34.2 Å². The zero-order valence-electron chi connectivity index (χ0n) is 13.0. The van der Waals surface area contributed by atoms with E-state index in [2.05, 4.69) is 11.9 Å². The number of benzene rings is 1. The third-order valence-corrected chi connectivity index (χ3v) is 4.14. The van der Waals surface area contributed by atoms with E-state index in [0.717, 1.165) is 0 Å². The van der Waals surface area contributed by atoms with E-state index in [1.807, 2.05) is 0 Å². The number of hydrogen-bond acceptors (Lipinski definition) is 6. The number of fused-ring (bicyclic) bond motifs is 1. The number of carbonyl (C=O) groups is 2. The fourth-order valence-electron chi connectivity index (χ4n) is 2.13. The number of carbonyl (C=O) groups excluding carboxylic acids is 2. The first kappa shape index (κ1) is 16.7. The van der Waals surface area contributed by atoms with E-state index in [9.17, 15) is 14.4 Å². The summed E-state index contributed by atoms with van der Waals surface area (Å²) in [5.74, 6) is -0.779. The first-order valence-electron chi connectivity index (χ1n) is 7.31. The molecule has 0 aliphatic carbocycles. The van der Waals surface area contributed by atoms with Crippen molar-refractivity contribution in [2.75, 3.05) is 6.54 Å². The van der Waals surface area contributed by atoms with Gasteiger partial charge in [-0.1, -0.05) is 12.1 Å². The van der Waals surface area contributed by atoms with E-state index in [1.165, 1.54) is 29.5 Å². The van der Waals surface area contributed by atoms with Crippen LogP contribution in [0.5, 0.6) is 5.75 Å². The summed E-state index contributed by atoms with van der Waals surface area (Å²) in [5.41, 5.74) is -0.643. The largest absolute Gasteiger partial charge is 0.422 e. The van der Waals surface area contributed by atoms with Crippen LogP contribution in [-0.4, -0.2) is 18.4 Å². The maximum atomic E-state index is 12.0. The molecule has 0 saturated carbocycles. The highest BCUT2D eigenvalue weighted by molar-refractivity contribution is 7.12. The Balaban J connectivity index is 1.88. The van der Waals surface area contributed by atoms with Gasteiger partial charge in [-0.3, -0.25) is 4.79 Å². The standard InChI is InChI=1S/C18H13NO5S/c1-2-7-19-16(20)13-9-11-5-6-12(10-14(11)24-17(13)21)23-18(22)15-4-3-8-25-15/h2-6,8-10H,1,7H2,(H,19,20). The van der Waals surface area contributed by atoms with Crippen LogP contribution in [0.2, 0.25) is 0 Å². The zero-order valence-corrected chi connectivity index (χ0v) is 13.8. The molecule has 7 heteroatoms. The maximum Gasteiger partial charge on any atom is 0.353 e. The van der Waals surface area contributed by atoms with E-state index in [0.29, 0.717) is 10.3 Å². The quantitative estimate of drug-likeness (QED) is 0.329. The number of thiophene rings is 1. The molecule has 0 fully saturated rings. The van der Waals surface area contributed by atoms with Crippen molar-refractivity contribution in [3.63, 3.8) is 0 Å². The summed E-state index contributed by atoms with van der Waals surface area (Å²) < 4.78 is 10.4. The molecule has 3 rings (SSSR count). The fraction of sp³-hybridized carbons (Fsp3) is 0.0556. The second-order valence-electron chi connectivity index (χ2n) is 5.01. The number of esters is 1. The lowest BCUT2D eigenvalue weighted by molar-refractivity contribution is 0.0739. The van der Waals surface area contributed by atoms with Gasteiger partial charge in [0.15, 0.2) is 0 Å². The summed E-state index contributed by atoms with van der Waals surface area (Å²) in [6, 6.07) is 9.46. The second kappa shape index (κ2) is 7.14. The van der Waals surface area contributed by atoms with Gasteiger partial charge in [0.05, 0.1) is 0 Å². The fourth-order valence-corrected chi connectivity index (χ4v) is 2.72. The van der Waals surface area contributed by atoms with Crippen LogP contribution in [0.1, 0.15) is 20.0 Å². The van der Waals surface area contributed by atoms with Crippen LogP contribution < -0.4 is 15.7 Å². The normalized spacial score (nSPS) is 10.4. The van der Waals surface area contributed by atoms with Crippen LogP contribution in [0.3, 0.4) is 0 Å². The molecule has 0 aliphatic heterocycles. The van der Waals surface area contributed by atoms with Crippen LogP contribution in [0.25, 0.3) is 11.0 Å². The third kappa shape index (κ3) is 3.67. The Kier molecular flexibility index (Phi) is 4.76. The summed E-state index contributed by atoms with van der Waals surface area (Å²) in [7, 11) is 0. The van der Waals surface area contributed by atoms with Crippen LogP contribution in [0.15, 0.2) is 63.6 Å². The highest BCUT2D eigenvalue weighted by atomic mass is 32.1. The van der Waals surface area contributed by atoms with Gasteiger partial charge in [-0.05, 0) is 29.6 Å². The van der Waals surface area contributed by atoms with Gasteiger partial charge in [0.1, 0.15) is 21.8 Å². The minimum absolute atomic E-state index is 0.0994. The van der Waals surface area contributed by atoms with Crippen molar-refractivity contribution < 1.29 is 18.7 Å². The molecular formula is C18H13NO5S. The predicted octanol–water partition coefficient (Wildman–Crippen LogP) is 2.99. The van der Waals surface area contributed by atoms with Crippen molar-refractivity contribution in [2.45, 2.75) is 0 Å². The minimum Gasteiger partial charge on any atom is -0.422 e. The molecule has 6 nitrogen and oxygen atoms in total. The summed E-state index contributed by atoms with van der Waals surface area (Å²) in [6.07, 6.45) is 1.51. The summed E-state index contributed by atoms with van der Waals surface area (Å²) >= 11 is 1.27. The molecule has 0 bridgehead atoms. The van der Waals surface area contributed by atoms with Crippen molar-refractivity contribution in [2.24, 2.45) is 0 Å². The Labute approximate surface area is 146 Å². The molecule has 25 heavy (non-hydrogen) atoms. The van der Waals surface area contributed by atoms with Crippen molar-refractivity contribution in [3.05, 3.63) is 75.3 Å². The Morgan fingerprint density at radius 1 is 1.28 bits per heavy atom. The molecule has 0 aliphatic rings. The number of nitrogens with one attached hydrogen (secondary N) is 1. The van der Waals surface area contributed by atoms with E-state index in [1.54, 1.807) is 29.6 Å². The Hall–Kier alpha value is -3.19. The van der Waals surface area contributed by atoms with Crippen molar-refractivity contribution in [1.82, 2.24) is 5.32 Å². The van der Waals surface area contributed by atoms with E-state index in [-0.39, 0.29) is 23.4 Å². The molecule has 0 unspecified atom stereocenters. The molecule has 0 saturated heterocycles. The summed E-state index contributed by atoms with van der Waals surface area (Å²) in [6.45, 7) is 3.74. The molecule has 0 atom stereocenters. The minimum atomic E-state index is -0.768. The molecule has 3 aromatic rings. The monoisotopic (exact) mass is 355 g/mol.